The first-order valence-corrected chi connectivity index (χ1v) is 40.9. The number of hydrogen-bond acceptors (Lipinski definition) is 16. The van der Waals surface area contributed by atoms with Crippen molar-refractivity contribution in [3.05, 3.63) is 101 Å². The molecule has 8 nitrogen and oxygen atoms in total. The molecule has 0 aromatic heterocycles. The third-order valence-corrected chi connectivity index (χ3v) is 42.6. The van der Waals surface area contributed by atoms with E-state index in [1.165, 1.54) is 95.1 Å². The minimum absolute atomic E-state index is 0.308. The number of hydrogen-bond donors (Lipinski definition) is 0. The van der Waals surface area contributed by atoms with Gasteiger partial charge in [-0.2, -0.15) is 0 Å². The molecule has 38 rings (SSSR count). The van der Waals surface area contributed by atoms with Crippen LogP contribution in [0.3, 0.4) is 0 Å². The Kier molecular flexibility index (Phi) is 5.54. The minimum atomic E-state index is -0.505. The van der Waals surface area contributed by atoms with E-state index in [0.29, 0.717) is 19.6 Å². The van der Waals surface area contributed by atoms with Crippen LogP contribution in [0.2, 0.25) is 0 Å². The highest BCUT2D eigenvalue weighted by atomic mass is 32.2. The van der Waals surface area contributed by atoms with Gasteiger partial charge in [0, 0.05) is 41.3 Å². The van der Waals surface area contributed by atoms with E-state index in [4.69, 9.17) is 18.9 Å². The zero-order chi connectivity index (χ0) is 62.9. The lowest BCUT2D eigenvalue weighted by atomic mass is 9.45. The first-order chi connectivity index (χ1) is 49.2. The number of esters is 4. The van der Waals surface area contributed by atoms with Crippen LogP contribution in [0.15, 0.2) is 56.2 Å². The van der Waals surface area contributed by atoms with Crippen molar-refractivity contribution in [1.82, 2.24) is 0 Å². The Morgan fingerprint density at radius 2 is 0.320 bits per heavy atom. The number of allylic oxidation sites excluding steroid dienone is 4. The van der Waals surface area contributed by atoms with E-state index in [-0.39, 0.29) is 0 Å². The maximum atomic E-state index is 13.7. The summed E-state index contributed by atoms with van der Waals surface area (Å²) in [7, 11) is 5.61. The van der Waals surface area contributed by atoms with Crippen LogP contribution in [0.4, 0.5) is 0 Å². The second-order valence-electron chi connectivity index (χ2n) is 32.3. The summed E-state index contributed by atoms with van der Waals surface area (Å²) >= 11 is 13.3. The molecule has 0 amide bonds. The fourth-order valence-corrected chi connectivity index (χ4v) is 41.4. The predicted octanol–water partition coefficient (Wildman–Crippen LogP) is 22.2. The lowest BCUT2D eigenvalue weighted by molar-refractivity contribution is -0.138. The largest absolute Gasteiger partial charge is 0.465 e. The predicted molar refractivity (Wildman–Crippen MR) is 416 cm³/mol. The van der Waals surface area contributed by atoms with Gasteiger partial charge in [-0.05, 0) is 329 Å². The molecule has 24 aromatic carbocycles. The van der Waals surface area contributed by atoms with Gasteiger partial charge in [-0.3, -0.25) is 0 Å². The van der Waals surface area contributed by atoms with E-state index in [1.54, 1.807) is 303 Å². The van der Waals surface area contributed by atoms with Crippen molar-refractivity contribution < 1.29 is 38.1 Å². The Morgan fingerprint density at radius 1 is 0.200 bits per heavy atom. The van der Waals surface area contributed by atoms with Gasteiger partial charge < -0.3 is 18.9 Å². The van der Waals surface area contributed by atoms with Crippen LogP contribution < -0.4 is 0 Å². The van der Waals surface area contributed by atoms with E-state index in [0.717, 1.165) is 42.6 Å². The van der Waals surface area contributed by atoms with Crippen LogP contribution in [0.25, 0.3) is 259 Å². The standard InChI is InChI=1S/C84H20O8S8/c1-89-73(85)69-70(74(86)90-2)98-79(97-69)77-93-9-5-81-61-45-33-21-13-14-18-15-19-27-35(23(15)21)47(45)63(81)53-41(27)32-40-30(19)38-26(18)34-22(14)24-16-17(13)25(33)37-29-20(16)28-36(24)48-46(34)62-50(38)52(40)66-58-43(32)55(53)67-59-57-44-31(39(29)51(49(37)61)65(57)83(67,81)7-11(9)95-77)42(28)54-56(44)68(60(58)59)84(66)8-12-10(6-82(62,84)64(48)54)94-78(96-12)80-99-71(75(87)91-3)72(100-80)76(88)92-4/h5-8H2,1-4H3. The SMILES string of the molecule is COC(=O)C1=C(C(=O)OC)SC(=C2SC3=C(CC45c6c7c8c9c%10c%11c%12c%13c%14c%15c%16c%17c%18c%19c%20c(c%11c8c8c%20c%11c%19c%19c%17c%17c%20c%16c%16c%14c%14c%13c%10c(c%10c%13c4c4c6c6c(c78)c%11c7c6c6c4c4c%13c(c%10%14)c%16c%20c4c6c%17c%197)C95C3)C%123CC4=C(CC%15%183)SC(=C3SC(C(=O)OC)=C(C(=O)OC)S3)S4)S2)S1. The molecule has 0 fully saturated rings. The zero-order valence-electron chi connectivity index (χ0n) is 51.4. The monoisotopic (exact) mass is 1410 g/mol. The van der Waals surface area contributed by atoms with Gasteiger partial charge in [0.1, 0.15) is 19.6 Å². The average Bonchev–Trinajstić information content (AvgIpc) is 1.37. The van der Waals surface area contributed by atoms with Gasteiger partial charge in [0.15, 0.2) is 0 Å². The molecule has 4 aliphatic heterocycles. The number of rotatable bonds is 4. The molecule has 0 bridgehead atoms. The molecule has 4 spiro atoms. The van der Waals surface area contributed by atoms with Gasteiger partial charge in [-0.15, -0.1) is 0 Å². The van der Waals surface area contributed by atoms with Crippen LogP contribution in [-0.4, -0.2) is 52.3 Å². The molecule has 4 heterocycles. The lowest BCUT2D eigenvalue weighted by Gasteiger charge is -2.57. The molecule has 4 atom stereocenters. The topological polar surface area (TPSA) is 105 Å². The van der Waals surface area contributed by atoms with E-state index >= 15 is 0 Å². The third kappa shape index (κ3) is 3.11. The normalized spacial score (nSPS) is 26.2. The molecule has 0 saturated heterocycles. The Labute approximate surface area is 585 Å². The van der Waals surface area contributed by atoms with E-state index in [1.807, 2.05) is 47.0 Å². The van der Waals surface area contributed by atoms with Crippen molar-refractivity contribution in [2.45, 2.75) is 47.3 Å². The van der Waals surface area contributed by atoms with Crippen molar-refractivity contribution in [2.75, 3.05) is 28.4 Å². The highest BCUT2D eigenvalue weighted by Gasteiger charge is 2.76. The molecule has 452 valence electrons. The molecule has 4 unspecified atom stereocenters. The molecule has 16 heteroatoms. The molecule has 0 saturated carbocycles. The summed E-state index contributed by atoms with van der Waals surface area (Å²) < 4.78 is 25.8. The molecule has 0 N–H and O–H groups in total. The summed E-state index contributed by atoms with van der Waals surface area (Å²) in [4.78, 5) is 61.9. The van der Waals surface area contributed by atoms with Crippen molar-refractivity contribution in [3.8, 4) is 0 Å². The maximum Gasteiger partial charge on any atom is 0.346 e. The highest BCUT2D eigenvalue weighted by molar-refractivity contribution is 8.35. The Balaban J connectivity index is 0.795. The summed E-state index contributed by atoms with van der Waals surface area (Å²) in [5, 5.41) is 76.1. The number of carbonyl (C=O) groups is 4. The molecule has 0 radical (unpaired) electrons. The number of thioether (sulfide) groups is 8. The van der Waals surface area contributed by atoms with Gasteiger partial charge >= 0.3 is 23.9 Å². The smallest absolute Gasteiger partial charge is 0.346 e. The second kappa shape index (κ2) is 11.9. The molecule has 14 aliphatic rings. The number of ether oxygens (including phenoxy) is 4. The molecule has 24 aromatic rings. The van der Waals surface area contributed by atoms with Crippen LogP contribution in [0, 0.1) is 0 Å². The summed E-state index contributed by atoms with van der Waals surface area (Å²) in [6, 6.07) is 0. The van der Waals surface area contributed by atoms with Gasteiger partial charge in [0.25, 0.3) is 0 Å². The van der Waals surface area contributed by atoms with Crippen LogP contribution in [0.5, 0.6) is 0 Å². The summed E-state index contributed by atoms with van der Waals surface area (Å²) in [6.07, 6.45) is 3.54. The van der Waals surface area contributed by atoms with Crippen molar-refractivity contribution in [3.63, 3.8) is 0 Å². The quantitative estimate of drug-likeness (QED) is 0.0947. The van der Waals surface area contributed by atoms with E-state index in [2.05, 4.69) is 0 Å². The summed E-state index contributed by atoms with van der Waals surface area (Å²) in [6.45, 7) is 0. The second-order valence-corrected chi connectivity index (χ2v) is 41.8. The third-order valence-electron chi connectivity index (χ3n) is 31.1. The first-order valence-electron chi connectivity index (χ1n) is 34.4. The van der Waals surface area contributed by atoms with Gasteiger partial charge in [-0.1, -0.05) is 94.1 Å². The van der Waals surface area contributed by atoms with Crippen molar-refractivity contribution in [1.29, 1.82) is 0 Å². The average molecular weight is 1410 g/mol. The van der Waals surface area contributed by atoms with E-state index in [9.17, 15) is 19.2 Å². The highest BCUT2D eigenvalue weighted by Crippen LogP contribution is 2.91. The number of methoxy groups -OCH3 is 4. The molecular weight excluding hydrogens is 1390 g/mol. The van der Waals surface area contributed by atoms with Crippen molar-refractivity contribution >= 4 is 377 Å². The molecule has 100 heavy (non-hydrogen) atoms. The van der Waals surface area contributed by atoms with Gasteiger partial charge in [0.05, 0.1) is 45.4 Å². The summed E-state index contributed by atoms with van der Waals surface area (Å²) in [5.74, 6) is -2.02. The maximum absolute atomic E-state index is 13.7. The van der Waals surface area contributed by atoms with Crippen LogP contribution >= 0.6 is 94.1 Å². The molecule has 10 aliphatic carbocycles. The summed E-state index contributed by atoms with van der Waals surface area (Å²) in [5.41, 5.74) is 11.4. The van der Waals surface area contributed by atoms with Gasteiger partial charge in [-0.25, -0.2) is 19.2 Å². The first kappa shape index (κ1) is 46.4. The van der Waals surface area contributed by atoms with Gasteiger partial charge in [0.2, 0.25) is 0 Å². The number of carbonyl (C=O) groups excluding carboxylic acids is 4. The lowest BCUT2D eigenvalue weighted by Crippen LogP contribution is -2.53. The minimum Gasteiger partial charge on any atom is -0.465 e. The fourth-order valence-electron chi connectivity index (χ4n) is 30.0. The Bertz CT molecular complexity index is 8570. The van der Waals surface area contributed by atoms with E-state index < -0.39 is 45.5 Å². The molecular formula is C84H20O8S8. The number of benzene rings is 16. The zero-order valence-corrected chi connectivity index (χ0v) is 57.9. The van der Waals surface area contributed by atoms with Crippen LogP contribution in [-0.2, 0) is 59.8 Å². The fraction of sp³-hybridized carbons (Fsp3) is 0.143. The van der Waals surface area contributed by atoms with Crippen molar-refractivity contribution in [2.24, 2.45) is 0 Å². The Morgan fingerprint density at radius 3 is 0.470 bits per heavy atom. The Hall–Kier alpha value is -8.16. The van der Waals surface area contributed by atoms with Crippen LogP contribution in [0.1, 0.15) is 70.2 Å².